The standard InChI is InChI=1S/C24H23N3O5S/c1-12-3-7-16(8-4-12)27-33(29,30)19-11-14(6-5-13(19)2)22-25-23(32-26-22)20-15-9-17-18(10-15)31-24(28)21(17)20/h3-8,11,15,17-18,20-21,27H,9-10H2,1-2H3/t15-,17+,18-,20-,21+/m1/s1. The molecule has 2 saturated carbocycles. The maximum atomic E-state index is 13.1. The van der Waals surface area contributed by atoms with Crippen molar-refractivity contribution in [3.05, 3.63) is 59.5 Å². The van der Waals surface area contributed by atoms with Gasteiger partial charge in [0.05, 0.1) is 16.7 Å². The molecule has 1 saturated heterocycles. The topological polar surface area (TPSA) is 111 Å². The Labute approximate surface area is 191 Å². The number of aryl methyl sites for hydroxylation is 2. The Kier molecular flexibility index (Phi) is 4.42. The van der Waals surface area contributed by atoms with Gasteiger partial charge in [-0.2, -0.15) is 4.98 Å². The number of esters is 1. The Morgan fingerprint density at radius 2 is 1.82 bits per heavy atom. The molecule has 170 valence electrons. The number of benzene rings is 2. The molecule has 2 heterocycles. The molecule has 2 bridgehead atoms. The first kappa shape index (κ1) is 20.4. The van der Waals surface area contributed by atoms with E-state index in [0.717, 1.165) is 18.4 Å². The van der Waals surface area contributed by atoms with E-state index in [4.69, 9.17) is 9.26 Å². The minimum absolute atomic E-state index is 0.0389. The lowest BCUT2D eigenvalue weighted by molar-refractivity contribution is -0.143. The molecule has 1 aliphatic heterocycles. The number of sulfonamides is 1. The van der Waals surface area contributed by atoms with Crippen molar-refractivity contribution in [2.75, 3.05) is 4.72 Å². The molecule has 1 aromatic heterocycles. The molecule has 3 aliphatic rings. The van der Waals surface area contributed by atoms with Crippen molar-refractivity contribution in [3.8, 4) is 11.4 Å². The Hall–Kier alpha value is -3.20. The average molecular weight is 466 g/mol. The lowest BCUT2D eigenvalue weighted by atomic mass is 9.80. The second kappa shape index (κ2) is 7.15. The summed E-state index contributed by atoms with van der Waals surface area (Å²) < 4.78 is 39.9. The van der Waals surface area contributed by atoms with Gasteiger partial charge in [0.25, 0.3) is 10.0 Å². The van der Waals surface area contributed by atoms with Gasteiger partial charge in [0.15, 0.2) is 0 Å². The van der Waals surface area contributed by atoms with Gasteiger partial charge >= 0.3 is 5.97 Å². The molecule has 8 nitrogen and oxygen atoms in total. The molecule has 2 aliphatic carbocycles. The summed E-state index contributed by atoms with van der Waals surface area (Å²) >= 11 is 0. The largest absolute Gasteiger partial charge is 0.462 e. The Bertz CT molecular complexity index is 1360. The van der Waals surface area contributed by atoms with E-state index in [-0.39, 0.29) is 34.7 Å². The highest BCUT2D eigenvalue weighted by Gasteiger charge is 2.63. The predicted molar refractivity (Wildman–Crippen MR) is 119 cm³/mol. The van der Waals surface area contributed by atoms with Crippen molar-refractivity contribution in [3.63, 3.8) is 0 Å². The molecule has 3 fully saturated rings. The number of hydrogen-bond acceptors (Lipinski definition) is 7. The van der Waals surface area contributed by atoms with Gasteiger partial charge in [-0.3, -0.25) is 9.52 Å². The smallest absolute Gasteiger partial charge is 0.310 e. The maximum Gasteiger partial charge on any atom is 0.310 e. The maximum absolute atomic E-state index is 13.1. The highest BCUT2D eigenvalue weighted by molar-refractivity contribution is 7.92. The van der Waals surface area contributed by atoms with Gasteiger partial charge in [-0.25, -0.2) is 8.42 Å². The van der Waals surface area contributed by atoms with Crippen molar-refractivity contribution in [1.82, 2.24) is 10.1 Å². The van der Waals surface area contributed by atoms with E-state index in [0.29, 0.717) is 34.4 Å². The first-order valence-electron chi connectivity index (χ1n) is 11.0. The van der Waals surface area contributed by atoms with Crippen LogP contribution in [0.1, 0.15) is 35.8 Å². The lowest BCUT2D eigenvalue weighted by Crippen LogP contribution is -2.24. The highest BCUT2D eigenvalue weighted by Crippen LogP contribution is 2.61. The van der Waals surface area contributed by atoms with Gasteiger partial charge < -0.3 is 9.26 Å². The first-order chi connectivity index (χ1) is 15.8. The lowest BCUT2D eigenvalue weighted by Gasteiger charge is -2.20. The molecule has 0 unspecified atom stereocenters. The van der Waals surface area contributed by atoms with E-state index in [9.17, 15) is 13.2 Å². The molecule has 9 heteroatoms. The fraction of sp³-hybridized carbons (Fsp3) is 0.375. The van der Waals surface area contributed by atoms with Gasteiger partial charge in [-0.05, 0) is 56.4 Å². The molecule has 6 rings (SSSR count). The number of carbonyl (C=O) groups is 1. The normalized spacial score (nSPS) is 27.7. The summed E-state index contributed by atoms with van der Waals surface area (Å²) in [5, 5.41) is 4.12. The fourth-order valence-corrected chi connectivity index (χ4v) is 7.02. The predicted octanol–water partition coefficient (Wildman–Crippen LogP) is 3.82. The van der Waals surface area contributed by atoms with Crippen molar-refractivity contribution in [1.29, 1.82) is 0 Å². The van der Waals surface area contributed by atoms with Crippen LogP contribution >= 0.6 is 0 Å². The van der Waals surface area contributed by atoms with Crippen LogP contribution in [0.2, 0.25) is 0 Å². The van der Waals surface area contributed by atoms with Gasteiger partial charge in [0.1, 0.15) is 6.10 Å². The third kappa shape index (κ3) is 3.25. The molecule has 0 amide bonds. The molecule has 2 aromatic carbocycles. The van der Waals surface area contributed by atoms with Gasteiger partial charge in [0, 0.05) is 17.2 Å². The minimum atomic E-state index is -3.81. The quantitative estimate of drug-likeness (QED) is 0.570. The molecule has 0 radical (unpaired) electrons. The van der Waals surface area contributed by atoms with Crippen LogP contribution in [0.3, 0.4) is 0 Å². The van der Waals surface area contributed by atoms with Crippen LogP contribution in [0.4, 0.5) is 5.69 Å². The second-order valence-electron chi connectivity index (χ2n) is 9.33. The summed E-state index contributed by atoms with van der Waals surface area (Å²) in [5.74, 6) is 0.781. The van der Waals surface area contributed by atoms with E-state index in [2.05, 4.69) is 14.9 Å². The summed E-state index contributed by atoms with van der Waals surface area (Å²) in [6.45, 7) is 3.68. The number of rotatable bonds is 5. The average Bonchev–Trinajstić information content (AvgIpc) is 3.52. The first-order valence-corrected chi connectivity index (χ1v) is 12.5. The van der Waals surface area contributed by atoms with Gasteiger partial charge in [0.2, 0.25) is 11.7 Å². The number of anilines is 1. The van der Waals surface area contributed by atoms with E-state index in [1.54, 1.807) is 37.3 Å². The second-order valence-corrected chi connectivity index (χ2v) is 11.0. The zero-order valence-corrected chi connectivity index (χ0v) is 19.0. The molecular weight excluding hydrogens is 442 g/mol. The summed E-state index contributed by atoms with van der Waals surface area (Å²) in [5.41, 5.74) is 2.68. The van der Waals surface area contributed by atoms with Crippen molar-refractivity contribution in [2.24, 2.45) is 17.8 Å². The molecular formula is C24H23N3O5S. The summed E-state index contributed by atoms with van der Waals surface area (Å²) in [6.07, 6.45) is 1.82. The van der Waals surface area contributed by atoms with E-state index in [1.807, 2.05) is 19.1 Å². The van der Waals surface area contributed by atoms with Crippen LogP contribution in [0.5, 0.6) is 0 Å². The Morgan fingerprint density at radius 1 is 1.03 bits per heavy atom. The fourth-order valence-electron chi connectivity index (χ4n) is 5.69. The van der Waals surface area contributed by atoms with Crippen LogP contribution in [-0.2, 0) is 19.6 Å². The number of hydrogen-bond donors (Lipinski definition) is 1. The van der Waals surface area contributed by atoms with Crippen LogP contribution in [-0.4, -0.2) is 30.6 Å². The van der Waals surface area contributed by atoms with E-state index in [1.165, 1.54) is 0 Å². The zero-order chi connectivity index (χ0) is 22.9. The van der Waals surface area contributed by atoms with Crippen molar-refractivity contribution >= 4 is 21.7 Å². The van der Waals surface area contributed by atoms with Crippen molar-refractivity contribution in [2.45, 2.75) is 43.6 Å². The minimum Gasteiger partial charge on any atom is -0.462 e. The summed E-state index contributed by atoms with van der Waals surface area (Å²) in [4.78, 5) is 17.1. The van der Waals surface area contributed by atoms with Crippen LogP contribution < -0.4 is 4.72 Å². The molecule has 0 spiro atoms. The number of nitrogens with zero attached hydrogens (tertiary/aromatic N) is 2. The third-order valence-corrected chi connectivity index (χ3v) is 8.77. The number of fused-ring (bicyclic) bond motifs is 1. The molecule has 1 N–H and O–H groups in total. The zero-order valence-electron chi connectivity index (χ0n) is 18.2. The number of nitrogens with one attached hydrogen (secondary N) is 1. The summed E-state index contributed by atoms with van der Waals surface area (Å²) in [6, 6.07) is 12.2. The molecule has 3 aromatic rings. The number of aromatic nitrogens is 2. The molecule has 33 heavy (non-hydrogen) atoms. The van der Waals surface area contributed by atoms with Crippen LogP contribution in [0.25, 0.3) is 11.4 Å². The third-order valence-electron chi connectivity index (χ3n) is 7.25. The van der Waals surface area contributed by atoms with E-state index < -0.39 is 10.0 Å². The Balaban J connectivity index is 1.30. The van der Waals surface area contributed by atoms with Gasteiger partial charge in [-0.1, -0.05) is 35.0 Å². The monoisotopic (exact) mass is 465 g/mol. The molecule has 5 atom stereocenters. The van der Waals surface area contributed by atoms with Crippen LogP contribution in [0.15, 0.2) is 51.9 Å². The van der Waals surface area contributed by atoms with Crippen LogP contribution in [0, 0.1) is 31.6 Å². The van der Waals surface area contributed by atoms with Crippen molar-refractivity contribution < 1.29 is 22.5 Å². The SMILES string of the molecule is Cc1ccc(NS(=O)(=O)c2cc(-c3noc([C@@H]4[C@@H]5C[C@@H]6[C@@H]4C(=O)O[C@@H]6C5)n3)ccc2C)cc1. The van der Waals surface area contributed by atoms with E-state index >= 15 is 0 Å². The number of carbonyl (C=O) groups excluding carboxylic acids is 1. The highest BCUT2D eigenvalue weighted by atomic mass is 32.2. The summed E-state index contributed by atoms with van der Waals surface area (Å²) in [7, 11) is -3.81. The Morgan fingerprint density at radius 3 is 2.61 bits per heavy atom. The number of ether oxygens (including phenoxy) is 1. The van der Waals surface area contributed by atoms with Gasteiger partial charge in [-0.15, -0.1) is 0 Å².